The molecule has 0 atom stereocenters. The molecule has 1 aliphatic rings. The summed E-state index contributed by atoms with van der Waals surface area (Å²) in [6.45, 7) is 2.25. The maximum Gasteiger partial charge on any atom is 0.129 e. The summed E-state index contributed by atoms with van der Waals surface area (Å²) in [7, 11) is 0. The summed E-state index contributed by atoms with van der Waals surface area (Å²) >= 11 is 5.92. The topological polar surface area (TPSA) is 0 Å². The lowest BCUT2D eigenvalue weighted by Crippen LogP contribution is -2.14. The van der Waals surface area contributed by atoms with E-state index in [2.05, 4.69) is 31.2 Å². The average Bonchev–Trinajstić information content (AvgIpc) is 2.89. The Hall–Kier alpha value is -2.19. The van der Waals surface area contributed by atoms with E-state index in [1.54, 1.807) is 12.1 Å². The first-order chi connectivity index (χ1) is 17.5. The number of unbranched alkanes of at least 4 members (excludes halogenated alkanes) is 2. The third-order valence-electron chi connectivity index (χ3n) is 7.99. The number of benzene rings is 3. The van der Waals surface area contributed by atoms with Crippen LogP contribution in [-0.2, 0) is 25.7 Å². The Morgan fingerprint density at radius 2 is 1.31 bits per heavy atom. The lowest BCUT2D eigenvalue weighted by atomic mass is 9.76. The highest BCUT2D eigenvalue weighted by molar-refractivity contribution is 6.30. The molecule has 0 aliphatic heterocycles. The second kappa shape index (κ2) is 13.4. The minimum absolute atomic E-state index is 0.186. The second-order valence-corrected chi connectivity index (χ2v) is 11.1. The molecule has 0 amide bonds. The summed E-state index contributed by atoms with van der Waals surface area (Å²) in [6.07, 6.45) is 12.6. The van der Waals surface area contributed by atoms with Crippen molar-refractivity contribution in [1.29, 1.82) is 0 Å². The van der Waals surface area contributed by atoms with E-state index in [0.29, 0.717) is 29.7 Å². The average molecular weight is 509 g/mol. The molecule has 3 aromatic rings. The molecular formula is C33H39ClF2. The Balaban J connectivity index is 1.23. The number of halogens is 3. The molecule has 0 spiro atoms. The van der Waals surface area contributed by atoms with Crippen LogP contribution < -0.4 is 0 Å². The molecule has 0 unspecified atom stereocenters. The first-order valence-electron chi connectivity index (χ1n) is 13.8. The smallest absolute Gasteiger partial charge is 0.129 e. The van der Waals surface area contributed by atoms with Crippen molar-refractivity contribution < 1.29 is 8.78 Å². The number of rotatable bonds is 11. The second-order valence-electron chi connectivity index (χ2n) is 10.6. The summed E-state index contributed by atoms with van der Waals surface area (Å²) in [5, 5.41) is 0.667. The third-order valence-corrected chi connectivity index (χ3v) is 8.24. The fourth-order valence-electron chi connectivity index (χ4n) is 5.65. The SMILES string of the molecule is CCCCCc1ccc(C2CCC(CCc3cc(F)c(CCc4ccc(Cl)cc4)c(F)c3)CC2)cc1. The van der Waals surface area contributed by atoms with Gasteiger partial charge in [0.05, 0.1) is 0 Å². The minimum Gasteiger partial charge on any atom is -0.207 e. The van der Waals surface area contributed by atoms with Gasteiger partial charge in [-0.05, 0) is 123 Å². The van der Waals surface area contributed by atoms with E-state index in [1.807, 2.05) is 24.3 Å². The van der Waals surface area contributed by atoms with Crippen LogP contribution in [0.5, 0.6) is 0 Å². The quantitative estimate of drug-likeness (QED) is 0.226. The predicted molar refractivity (Wildman–Crippen MR) is 148 cm³/mol. The lowest BCUT2D eigenvalue weighted by Gasteiger charge is -2.29. The van der Waals surface area contributed by atoms with E-state index in [4.69, 9.17) is 11.6 Å². The molecule has 0 heterocycles. The molecule has 3 aromatic carbocycles. The Morgan fingerprint density at radius 1 is 0.694 bits per heavy atom. The first-order valence-corrected chi connectivity index (χ1v) is 14.2. The molecule has 0 saturated heterocycles. The van der Waals surface area contributed by atoms with Gasteiger partial charge in [0.25, 0.3) is 0 Å². The Morgan fingerprint density at radius 3 is 1.94 bits per heavy atom. The molecule has 0 radical (unpaired) electrons. The normalized spacial score (nSPS) is 17.9. The van der Waals surface area contributed by atoms with Crippen molar-refractivity contribution in [3.8, 4) is 0 Å². The molecule has 0 nitrogen and oxygen atoms in total. The molecule has 1 saturated carbocycles. The van der Waals surface area contributed by atoms with Crippen molar-refractivity contribution >= 4 is 11.6 Å². The zero-order valence-corrected chi connectivity index (χ0v) is 22.3. The van der Waals surface area contributed by atoms with Crippen LogP contribution in [0.2, 0.25) is 5.02 Å². The van der Waals surface area contributed by atoms with Gasteiger partial charge in [0.1, 0.15) is 11.6 Å². The predicted octanol–water partition coefficient (Wildman–Crippen LogP) is 10.0. The van der Waals surface area contributed by atoms with Crippen LogP contribution >= 0.6 is 11.6 Å². The Bertz CT molecular complexity index is 1060. The van der Waals surface area contributed by atoms with Crippen molar-refractivity contribution in [2.45, 2.75) is 89.9 Å². The van der Waals surface area contributed by atoms with E-state index in [0.717, 1.165) is 24.0 Å². The van der Waals surface area contributed by atoms with Crippen molar-refractivity contribution in [3.63, 3.8) is 0 Å². The van der Waals surface area contributed by atoms with Crippen molar-refractivity contribution in [2.24, 2.45) is 5.92 Å². The van der Waals surface area contributed by atoms with E-state index < -0.39 is 11.6 Å². The van der Waals surface area contributed by atoms with Crippen molar-refractivity contribution in [2.75, 3.05) is 0 Å². The number of aryl methyl sites for hydroxylation is 3. The highest BCUT2D eigenvalue weighted by atomic mass is 35.5. The van der Waals surface area contributed by atoms with Gasteiger partial charge in [0, 0.05) is 10.6 Å². The van der Waals surface area contributed by atoms with E-state index in [-0.39, 0.29) is 5.56 Å². The first kappa shape index (κ1) is 26.9. The van der Waals surface area contributed by atoms with Crippen LogP contribution in [0.3, 0.4) is 0 Å². The van der Waals surface area contributed by atoms with Crippen LogP contribution in [0.25, 0.3) is 0 Å². The Kier molecular flexibility index (Phi) is 9.98. The highest BCUT2D eigenvalue weighted by Gasteiger charge is 2.22. The van der Waals surface area contributed by atoms with Gasteiger partial charge in [-0.3, -0.25) is 0 Å². The summed E-state index contributed by atoms with van der Waals surface area (Å²) < 4.78 is 29.5. The molecule has 4 rings (SSSR count). The third kappa shape index (κ3) is 7.65. The van der Waals surface area contributed by atoms with Gasteiger partial charge >= 0.3 is 0 Å². The van der Waals surface area contributed by atoms with E-state index >= 15 is 0 Å². The van der Waals surface area contributed by atoms with Crippen molar-refractivity contribution in [3.05, 3.63) is 105 Å². The summed E-state index contributed by atoms with van der Waals surface area (Å²) in [5.74, 6) is 0.465. The molecule has 3 heteroatoms. The van der Waals surface area contributed by atoms with Gasteiger partial charge in [0.2, 0.25) is 0 Å². The zero-order valence-electron chi connectivity index (χ0n) is 21.5. The zero-order chi connectivity index (χ0) is 25.3. The van der Waals surface area contributed by atoms with Crippen molar-refractivity contribution in [1.82, 2.24) is 0 Å². The van der Waals surface area contributed by atoms with Gasteiger partial charge in [-0.1, -0.05) is 67.8 Å². The standard InChI is InChI=1S/C33H39ClF2/c1-2-3-4-5-24-8-15-28(16-9-24)29-17-10-25(11-18-29)6-7-27-22-32(35)31(33(36)23-27)21-14-26-12-19-30(34)20-13-26/h8-9,12-13,15-16,19-20,22-23,25,29H,2-7,10-11,14,17-18,21H2,1H3. The molecule has 0 N–H and O–H groups in total. The summed E-state index contributed by atoms with van der Waals surface area (Å²) in [5.41, 5.74) is 4.93. The number of hydrogen-bond acceptors (Lipinski definition) is 0. The summed E-state index contributed by atoms with van der Waals surface area (Å²) in [6, 6.07) is 19.9. The van der Waals surface area contributed by atoms with Gasteiger partial charge < -0.3 is 0 Å². The van der Waals surface area contributed by atoms with Gasteiger partial charge in [-0.25, -0.2) is 8.78 Å². The number of hydrogen-bond donors (Lipinski definition) is 0. The van der Waals surface area contributed by atoms with Crippen LogP contribution in [0.15, 0.2) is 60.7 Å². The fraction of sp³-hybridized carbons (Fsp3) is 0.455. The largest absolute Gasteiger partial charge is 0.207 e. The molecule has 0 bridgehead atoms. The minimum atomic E-state index is -0.416. The maximum atomic E-state index is 14.7. The van der Waals surface area contributed by atoms with Crippen LogP contribution in [0, 0.1) is 17.6 Å². The van der Waals surface area contributed by atoms with Crippen LogP contribution in [0.4, 0.5) is 8.78 Å². The molecule has 36 heavy (non-hydrogen) atoms. The lowest BCUT2D eigenvalue weighted by molar-refractivity contribution is 0.310. The molecule has 1 aliphatic carbocycles. The van der Waals surface area contributed by atoms with Crippen LogP contribution in [-0.4, -0.2) is 0 Å². The van der Waals surface area contributed by atoms with Gasteiger partial charge in [-0.15, -0.1) is 0 Å². The highest BCUT2D eigenvalue weighted by Crippen LogP contribution is 2.37. The monoisotopic (exact) mass is 508 g/mol. The molecule has 192 valence electrons. The van der Waals surface area contributed by atoms with Gasteiger partial charge in [-0.2, -0.15) is 0 Å². The van der Waals surface area contributed by atoms with Gasteiger partial charge in [0.15, 0.2) is 0 Å². The fourth-order valence-corrected chi connectivity index (χ4v) is 5.78. The van der Waals surface area contributed by atoms with Crippen LogP contribution in [0.1, 0.15) is 92.0 Å². The van der Waals surface area contributed by atoms with E-state index in [9.17, 15) is 8.78 Å². The maximum absolute atomic E-state index is 14.7. The Labute approximate surface area is 221 Å². The molecule has 0 aromatic heterocycles. The molecular weight excluding hydrogens is 470 g/mol. The molecule has 1 fully saturated rings. The summed E-state index contributed by atoms with van der Waals surface area (Å²) in [4.78, 5) is 0. The van der Waals surface area contributed by atoms with E-state index in [1.165, 1.54) is 62.5 Å².